The first kappa shape index (κ1) is 20.5. The summed E-state index contributed by atoms with van der Waals surface area (Å²) in [6.07, 6.45) is -0.232. The number of amides is 1. The van der Waals surface area contributed by atoms with Gasteiger partial charge in [-0.1, -0.05) is 6.07 Å². The standard InChI is InChI=1S/C22H25NO6/c1-5-27-21-18(26-4)9-8-16(20(21)28-12-19(24)29-13(2)3)14-6-7-17-15(10-14)11-23-22(17)25/h6-10,13H,5,11-12H2,1-4H3,(H,23,25). The van der Waals surface area contributed by atoms with Crippen LogP contribution in [-0.4, -0.2) is 38.3 Å². The van der Waals surface area contributed by atoms with Crippen LogP contribution in [0.15, 0.2) is 30.3 Å². The lowest BCUT2D eigenvalue weighted by Crippen LogP contribution is -2.19. The fraction of sp³-hybridized carbons (Fsp3) is 0.364. The third kappa shape index (κ3) is 4.45. The molecule has 0 bridgehead atoms. The predicted molar refractivity (Wildman–Crippen MR) is 107 cm³/mol. The highest BCUT2D eigenvalue weighted by molar-refractivity contribution is 5.99. The minimum atomic E-state index is -0.472. The topological polar surface area (TPSA) is 83.1 Å². The molecule has 7 nitrogen and oxygen atoms in total. The van der Waals surface area contributed by atoms with E-state index in [1.165, 1.54) is 0 Å². The van der Waals surface area contributed by atoms with Crippen LogP contribution in [0.4, 0.5) is 0 Å². The van der Waals surface area contributed by atoms with Crippen molar-refractivity contribution in [2.24, 2.45) is 0 Å². The van der Waals surface area contributed by atoms with Gasteiger partial charge in [-0.05, 0) is 56.2 Å². The lowest BCUT2D eigenvalue weighted by atomic mass is 9.99. The van der Waals surface area contributed by atoms with E-state index < -0.39 is 5.97 Å². The Labute approximate surface area is 169 Å². The summed E-state index contributed by atoms with van der Waals surface area (Å²) in [5, 5.41) is 2.81. The number of ether oxygens (including phenoxy) is 4. The van der Waals surface area contributed by atoms with E-state index in [4.69, 9.17) is 18.9 Å². The number of rotatable bonds is 8. The van der Waals surface area contributed by atoms with Gasteiger partial charge in [0.1, 0.15) is 0 Å². The first-order valence-corrected chi connectivity index (χ1v) is 9.52. The molecule has 0 saturated heterocycles. The SMILES string of the molecule is CCOc1c(OC)ccc(-c2ccc3c(c2)CNC3=O)c1OCC(=O)OC(C)C. The van der Waals surface area contributed by atoms with Gasteiger partial charge in [-0.15, -0.1) is 0 Å². The molecule has 1 aliphatic heterocycles. The highest BCUT2D eigenvalue weighted by atomic mass is 16.6. The second kappa shape index (κ2) is 8.86. The Morgan fingerprint density at radius 3 is 2.55 bits per heavy atom. The fourth-order valence-electron chi connectivity index (χ4n) is 3.18. The van der Waals surface area contributed by atoms with Gasteiger partial charge in [0.25, 0.3) is 5.91 Å². The maximum Gasteiger partial charge on any atom is 0.344 e. The average Bonchev–Trinajstić information content (AvgIpc) is 3.06. The molecule has 154 valence electrons. The first-order valence-electron chi connectivity index (χ1n) is 9.52. The summed E-state index contributed by atoms with van der Waals surface area (Å²) in [6.45, 7) is 6.03. The van der Waals surface area contributed by atoms with E-state index in [-0.39, 0.29) is 18.6 Å². The van der Waals surface area contributed by atoms with Gasteiger partial charge in [-0.25, -0.2) is 4.79 Å². The molecule has 0 spiro atoms. The summed E-state index contributed by atoms with van der Waals surface area (Å²) >= 11 is 0. The van der Waals surface area contributed by atoms with Crippen LogP contribution < -0.4 is 19.5 Å². The van der Waals surface area contributed by atoms with Crippen LogP contribution in [0.2, 0.25) is 0 Å². The van der Waals surface area contributed by atoms with E-state index in [1.54, 1.807) is 33.1 Å². The number of hydrogen-bond acceptors (Lipinski definition) is 6. The highest BCUT2D eigenvalue weighted by Crippen LogP contribution is 2.45. The Morgan fingerprint density at radius 1 is 1.10 bits per heavy atom. The van der Waals surface area contributed by atoms with Crippen molar-refractivity contribution < 1.29 is 28.5 Å². The summed E-state index contributed by atoms with van der Waals surface area (Å²) in [7, 11) is 1.54. The highest BCUT2D eigenvalue weighted by Gasteiger charge is 2.23. The van der Waals surface area contributed by atoms with Gasteiger partial charge in [-0.3, -0.25) is 4.79 Å². The molecule has 1 aliphatic rings. The molecule has 1 N–H and O–H groups in total. The van der Waals surface area contributed by atoms with Gasteiger partial charge < -0.3 is 24.3 Å². The van der Waals surface area contributed by atoms with Crippen LogP contribution in [0, 0.1) is 0 Å². The van der Waals surface area contributed by atoms with Crippen molar-refractivity contribution in [3.8, 4) is 28.4 Å². The average molecular weight is 399 g/mol. The summed E-state index contributed by atoms with van der Waals surface area (Å²) in [4.78, 5) is 23.9. The molecule has 0 atom stereocenters. The lowest BCUT2D eigenvalue weighted by molar-refractivity contribution is -0.149. The third-order valence-corrected chi connectivity index (χ3v) is 4.39. The Hall–Kier alpha value is -3.22. The molecule has 7 heteroatoms. The number of benzene rings is 2. The monoisotopic (exact) mass is 399 g/mol. The minimum Gasteiger partial charge on any atom is -0.493 e. The number of methoxy groups -OCH3 is 1. The van der Waals surface area contributed by atoms with Crippen molar-refractivity contribution >= 4 is 11.9 Å². The molecule has 0 radical (unpaired) electrons. The maximum absolute atomic E-state index is 12.0. The molecule has 0 aromatic heterocycles. The van der Waals surface area contributed by atoms with Crippen molar-refractivity contribution in [2.75, 3.05) is 20.3 Å². The van der Waals surface area contributed by atoms with Crippen LogP contribution in [0.25, 0.3) is 11.1 Å². The molecule has 2 aromatic carbocycles. The molecular weight excluding hydrogens is 374 g/mol. The molecule has 3 rings (SSSR count). The second-order valence-electron chi connectivity index (χ2n) is 6.79. The zero-order chi connectivity index (χ0) is 21.0. The number of hydrogen-bond donors (Lipinski definition) is 1. The molecule has 1 heterocycles. The zero-order valence-corrected chi connectivity index (χ0v) is 17.0. The Morgan fingerprint density at radius 2 is 1.86 bits per heavy atom. The van der Waals surface area contributed by atoms with Crippen LogP contribution in [0.1, 0.15) is 36.7 Å². The van der Waals surface area contributed by atoms with E-state index in [9.17, 15) is 9.59 Å². The number of esters is 1. The number of nitrogens with one attached hydrogen (secondary N) is 1. The molecule has 0 aliphatic carbocycles. The van der Waals surface area contributed by atoms with Gasteiger partial charge in [0.05, 0.1) is 19.8 Å². The Bertz CT molecular complexity index is 922. The van der Waals surface area contributed by atoms with Crippen molar-refractivity contribution in [2.45, 2.75) is 33.4 Å². The summed E-state index contributed by atoms with van der Waals surface area (Å²) in [5.74, 6) is 0.758. The van der Waals surface area contributed by atoms with Crippen LogP contribution >= 0.6 is 0 Å². The summed E-state index contributed by atoms with van der Waals surface area (Å²) < 4.78 is 22.2. The molecule has 1 amide bonds. The van der Waals surface area contributed by atoms with E-state index in [0.717, 1.165) is 16.7 Å². The molecule has 2 aromatic rings. The van der Waals surface area contributed by atoms with Gasteiger partial charge >= 0.3 is 5.97 Å². The number of carbonyl (C=O) groups excluding carboxylic acids is 2. The van der Waals surface area contributed by atoms with Crippen LogP contribution in [0.5, 0.6) is 17.2 Å². The molecule has 0 saturated carbocycles. The van der Waals surface area contributed by atoms with Crippen LogP contribution in [0.3, 0.4) is 0 Å². The predicted octanol–water partition coefficient (Wildman–Crippen LogP) is 3.33. The van der Waals surface area contributed by atoms with Gasteiger partial charge in [0.2, 0.25) is 5.75 Å². The van der Waals surface area contributed by atoms with E-state index >= 15 is 0 Å². The van der Waals surface area contributed by atoms with E-state index in [1.807, 2.05) is 25.1 Å². The van der Waals surface area contributed by atoms with Gasteiger partial charge in [-0.2, -0.15) is 0 Å². The minimum absolute atomic E-state index is 0.0795. The fourth-order valence-corrected chi connectivity index (χ4v) is 3.18. The normalized spacial score (nSPS) is 12.4. The second-order valence-corrected chi connectivity index (χ2v) is 6.79. The third-order valence-electron chi connectivity index (χ3n) is 4.39. The Kier molecular flexibility index (Phi) is 6.26. The smallest absolute Gasteiger partial charge is 0.344 e. The molecule has 29 heavy (non-hydrogen) atoms. The van der Waals surface area contributed by atoms with Crippen molar-refractivity contribution in [1.82, 2.24) is 5.32 Å². The molecule has 0 unspecified atom stereocenters. The molecular formula is C22H25NO6. The number of fused-ring (bicyclic) bond motifs is 1. The Balaban J connectivity index is 2.02. The van der Waals surface area contributed by atoms with Crippen LogP contribution in [-0.2, 0) is 16.1 Å². The first-order chi connectivity index (χ1) is 13.9. The zero-order valence-electron chi connectivity index (χ0n) is 17.0. The summed E-state index contributed by atoms with van der Waals surface area (Å²) in [5.41, 5.74) is 3.14. The van der Waals surface area contributed by atoms with Gasteiger partial charge in [0.15, 0.2) is 18.1 Å². The number of carbonyl (C=O) groups is 2. The molecule has 0 fully saturated rings. The van der Waals surface area contributed by atoms with E-state index in [2.05, 4.69) is 5.32 Å². The lowest BCUT2D eigenvalue weighted by Gasteiger charge is -2.19. The quantitative estimate of drug-likeness (QED) is 0.686. The summed E-state index contributed by atoms with van der Waals surface area (Å²) in [6, 6.07) is 9.20. The largest absolute Gasteiger partial charge is 0.493 e. The van der Waals surface area contributed by atoms with E-state index in [0.29, 0.717) is 36.0 Å². The van der Waals surface area contributed by atoms with Crippen molar-refractivity contribution in [3.05, 3.63) is 41.5 Å². The van der Waals surface area contributed by atoms with Crippen molar-refractivity contribution in [1.29, 1.82) is 0 Å². The van der Waals surface area contributed by atoms with Crippen molar-refractivity contribution in [3.63, 3.8) is 0 Å². The maximum atomic E-state index is 12.0. The van der Waals surface area contributed by atoms with Gasteiger partial charge in [0, 0.05) is 17.7 Å².